The molecule has 3 fully saturated rings. The van der Waals surface area contributed by atoms with Crippen molar-refractivity contribution in [3.05, 3.63) is 0 Å². The van der Waals surface area contributed by atoms with Crippen molar-refractivity contribution in [2.75, 3.05) is 40.0 Å². The molecule has 3 nitrogen and oxygen atoms in total. The molecule has 0 aromatic rings. The molecule has 0 radical (unpaired) electrons. The molecule has 0 amide bonds. The highest BCUT2D eigenvalue weighted by atomic mass is 16.5. The average Bonchev–Trinajstić information content (AvgIpc) is 3.04. The molecular formula is C16H29NO2. The Labute approximate surface area is 117 Å². The first kappa shape index (κ1) is 13.8. The fourth-order valence-electron chi connectivity index (χ4n) is 4.48. The number of rotatable bonds is 7. The molecule has 2 aliphatic carbocycles. The normalized spacial score (nSPS) is 38.4. The second-order valence-electron chi connectivity index (χ2n) is 7.09. The number of fused-ring (bicyclic) bond motifs is 1. The van der Waals surface area contributed by atoms with Gasteiger partial charge in [-0.2, -0.15) is 0 Å². The number of ether oxygens (including phenoxy) is 2. The maximum absolute atomic E-state index is 5.51. The molecule has 3 aliphatic rings. The van der Waals surface area contributed by atoms with E-state index < -0.39 is 0 Å². The first-order valence-electron chi connectivity index (χ1n) is 8.09. The summed E-state index contributed by atoms with van der Waals surface area (Å²) in [5, 5.41) is 3.64. The Bertz CT molecular complexity index is 278. The molecule has 2 atom stereocenters. The van der Waals surface area contributed by atoms with E-state index in [-0.39, 0.29) is 0 Å². The van der Waals surface area contributed by atoms with Crippen LogP contribution >= 0.6 is 0 Å². The van der Waals surface area contributed by atoms with Gasteiger partial charge in [0.25, 0.3) is 0 Å². The second-order valence-corrected chi connectivity index (χ2v) is 7.09. The van der Waals surface area contributed by atoms with Crippen molar-refractivity contribution in [3.63, 3.8) is 0 Å². The first-order chi connectivity index (χ1) is 9.31. The van der Waals surface area contributed by atoms with Crippen LogP contribution in [0.25, 0.3) is 0 Å². The summed E-state index contributed by atoms with van der Waals surface area (Å²) in [4.78, 5) is 0. The van der Waals surface area contributed by atoms with E-state index in [1.54, 1.807) is 7.11 Å². The monoisotopic (exact) mass is 267 g/mol. The molecule has 1 aliphatic heterocycles. The molecule has 19 heavy (non-hydrogen) atoms. The molecule has 0 bridgehead atoms. The van der Waals surface area contributed by atoms with Crippen LogP contribution in [0, 0.1) is 23.2 Å². The van der Waals surface area contributed by atoms with E-state index in [4.69, 9.17) is 9.47 Å². The standard InChI is InChI=1S/C16H29NO2/c1-18-7-4-17-12-16(10-14-8-15(14)11-16)9-13-2-5-19-6-3-13/h13-15,17H,2-12H2,1H3. The van der Waals surface area contributed by atoms with E-state index in [9.17, 15) is 0 Å². The van der Waals surface area contributed by atoms with Crippen molar-refractivity contribution < 1.29 is 9.47 Å². The van der Waals surface area contributed by atoms with Crippen molar-refractivity contribution in [1.29, 1.82) is 0 Å². The number of hydrogen-bond acceptors (Lipinski definition) is 3. The average molecular weight is 267 g/mol. The summed E-state index contributed by atoms with van der Waals surface area (Å²) in [6.07, 6.45) is 8.49. The lowest BCUT2D eigenvalue weighted by Crippen LogP contribution is -2.37. The molecule has 2 unspecified atom stereocenters. The van der Waals surface area contributed by atoms with Gasteiger partial charge in [0.1, 0.15) is 0 Å². The van der Waals surface area contributed by atoms with E-state index in [0.717, 1.165) is 44.1 Å². The minimum atomic E-state index is 0.601. The van der Waals surface area contributed by atoms with Crippen LogP contribution in [0.15, 0.2) is 0 Å². The van der Waals surface area contributed by atoms with Crippen LogP contribution in [-0.2, 0) is 9.47 Å². The zero-order valence-corrected chi connectivity index (χ0v) is 12.3. The predicted octanol–water partition coefficient (Wildman–Crippen LogP) is 2.46. The lowest BCUT2D eigenvalue weighted by Gasteiger charge is -2.36. The summed E-state index contributed by atoms with van der Waals surface area (Å²) in [7, 11) is 1.78. The maximum Gasteiger partial charge on any atom is 0.0587 e. The molecule has 0 aromatic heterocycles. The molecule has 110 valence electrons. The van der Waals surface area contributed by atoms with Crippen LogP contribution in [0.4, 0.5) is 0 Å². The molecule has 1 saturated heterocycles. The van der Waals surface area contributed by atoms with E-state index in [1.165, 1.54) is 45.1 Å². The minimum Gasteiger partial charge on any atom is -0.383 e. The lowest BCUT2D eigenvalue weighted by molar-refractivity contribution is 0.0444. The molecule has 1 heterocycles. The Morgan fingerprint density at radius 2 is 1.95 bits per heavy atom. The third kappa shape index (κ3) is 3.50. The number of nitrogens with one attached hydrogen (secondary N) is 1. The van der Waals surface area contributed by atoms with E-state index in [1.807, 2.05) is 0 Å². The van der Waals surface area contributed by atoms with Gasteiger partial charge in [0.05, 0.1) is 6.61 Å². The summed E-state index contributed by atoms with van der Waals surface area (Å²) < 4.78 is 10.6. The van der Waals surface area contributed by atoms with Gasteiger partial charge in [-0.15, -0.1) is 0 Å². The third-order valence-electron chi connectivity index (χ3n) is 5.50. The zero-order chi connectivity index (χ0) is 13.1. The van der Waals surface area contributed by atoms with Crippen molar-refractivity contribution in [2.45, 2.75) is 38.5 Å². The third-order valence-corrected chi connectivity index (χ3v) is 5.50. The van der Waals surface area contributed by atoms with E-state index in [2.05, 4.69) is 5.32 Å². The summed E-state index contributed by atoms with van der Waals surface area (Å²) in [6.45, 7) is 5.03. The van der Waals surface area contributed by atoms with Crippen LogP contribution in [0.2, 0.25) is 0 Å². The Hall–Kier alpha value is -0.120. The predicted molar refractivity (Wildman–Crippen MR) is 76.2 cm³/mol. The SMILES string of the molecule is COCCNCC1(CC2CCOCC2)CC2CC2C1. The smallest absolute Gasteiger partial charge is 0.0587 e. The molecule has 2 saturated carbocycles. The van der Waals surface area contributed by atoms with Gasteiger partial charge in [0.2, 0.25) is 0 Å². The van der Waals surface area contributed by atoms with Crippen LogP contribution in [0.5, 0.6) is 0 Å². The van der Waals surface area contributed by atoms with Crippen molar-refractivity contribution in [2.24, 2.45) is 23.2 Å². The minimum absolute atomic E-state index is 0.601. The first-order valence-corrected chi connectivity index (χ1v) is 8.09. The van der Waals surface area contributed by atoms with Gasteiger partial charge in [-0.25, -0.2) is 0 Å². The quantitative estimate of drug-likeness (QED) is 0.719. The lowest BCUT2D eigenvalue weighted by atomic mass is 9.73. The van der Waals surface area contributed by atoms with Crippen molar-refractivity contribution in [1.82, 2.24) is 5.32 Å². The molecule has 1 N–H and O–H groups in total. The van der Waals surface area contributed by atoms with Gasteiger partial charge in [-0.1, -0.05) is 0 Å². The molecule has 0 spiro atoms. The Morgan fingerprint density at radius 3 is 2.63 bits per heavy atom. The molecular weight excluding hydrogens is 238 g/mol. The van der Waals surface area contributed by atoms with Gasteiger partial charge >= 0.3 is 0 Å². The number of methoxy groups -OCH3 is 1. The van der Waals surface area contributed by atoms with Crippen molar-refractivity contribution >= 4 is 0 Å². The summed E-state index contributed by atoms with van der Waals surface area (Å²) in [5.41, 5.74) is 0.601. The van der Waals surface area contributed by atoms with Crippen LogP contribution < -0.4 is 5.32 Å². The van der Waals surface area contributed by atoms with E-state index in [0.29, 0.717) is 5.41 Å². The zero-order valence-electron chi connectivity index (χ0n) is 12.3. The highest BCUT2D eigenvalue weighted by molar-refractivity contribution is 5.04. The Balaban J connectivity index is 1.51. The summed E-state index contributed by atoms with van der Waals surface area (Å²) in [6, 6.07) is 0. The van der Waals surface area contributed by atoms with Gasteiger partial charge in [-0.05, 0) is 61.7 Å². The van der Waals surface area contributed by atoms with Gasteiger partial charge in [-0.3, -0.25) is 0 Å². The Morgan fingerprint density at radius 1 is 1.21 bits per heavy atom. The van der Waals surface area contributed by atoms with E-state index >= 15 is 0 Å². The van der Waals surface area contributed by atoms with Gasteiger partial charge in [0, 0.05) is 33.4 Å². The van der Waals surface area contributed by atoms with Gasteiger partial charge < -0.3 is 14.8 Å². The Kier molecular flexibility index (Phi) is 4.45. The van der Waals surface area contributed by atoms with Gasteiger partial charge in [0.15, 0.2) is 0 Å². The van der Waals surface area contributed by atoms with Crippen LogP contribution in [-0.4, -0.2) is 40.0 Å². The summed E-state index contributed by atoms with van der Waals surface area (Å²) >= 11 is 0. The fraction of sp³-hybridized carbons (Fsp3) is 1.00. The maximum atomic E-state index is 5.51. The van der Waals surface area contributed by atoms with Crippen LogP contribution in [0.1, 0.15) is 38.5 Å². The second kappa shape index (κ2) is 6.11. The largest absolute Gasteiger partial charge is 0.383 e. The number of hydrogen-bond donors (Lipinski definition) is 1. The fourth-order valence-corrected chi connectivity index (χ4v) is 4.48. The topological polar surface area (TPSA) is 30.5 Å². The van der Waals surface area contributed by atoms with Crippen LogP contribution in [0.3, 0.4) is 0 Å². The summed E-state index contributed by atoms with van der Waals surface area (Å²) in [5.74, 6) is 3.06. The molecule has 0 aromatic carbocycles. The van der Waals surface area contributed by atoms with Crippen molar-refractivity contribution in [3.8, 4) is 0 Å². The molecule has 3 heteroatoms. The molecule has 3 rings (SSSR count). The highest BCUT2D eigenvalue weighted by Gasteiger charge is 2.53. The highest BCUT2D eigenvalue weighted by Crippen LogP contribution is 2.61.